The van der Waals surface area contributed by atoms with Crippen LogP contribution in [0.15, 0.2) is 18.3 Å². The van der Waals surface area contributed by atoms with E-state index in [1.807, 2.05) is 20.8 Å². The maximum atomic E-state index is 12.6. The van der Waals surface area contributed by atoms with Crippen LogP contribution in [0.5, 0.6) is 5.88 Å². The number of hydrogen-bond donors (Lipinski definition) is 1. The van der Waals surface area contributed by atoms with Gasteiger partial charge < -0.3 is 9.64 Å². The van der Waals surface area contributed by atoms with E-state index in [0.29, 0.717) is 24.6 Å². The highest BCUT2D eigenvalue weighted by Gasteiger charge is 2.17. The van der Waals surface area contributed by atoms with Crippen molar-refractivity contribution in [3.8, 4) is 5.88 Å². The molecule has 0 aliphatic carbocycles. The molecule has 6 nitrogen and oxygen atoms in total. The van der Waals surface area contributed by atoms with Gasteiger partial charge in [-0.25, -0.2) is 4.98 Å². The highest BCUT2D eigenvalue weighted by molar-refractivity contribution is 5.96. The molecule has 0 bridgehead atoms. The summed E-state index contributed by atoms with van der Waals surface area (Å²) in [4.78, 5) is 18.4. The highest BCUT2D eigenvalue weighted by Crippen LogP contribution is 2.17. The van der Waals surface area contributed by atoms with E-state index in [9.17, 15) is 4.79 Å². The Bertz CT molecular complexity index is 647. The van der Waals surface area contributed by atoms with E-state index in [-0.39, 0.29) is 5.91 Å². The molecule has 0 radical (unpaired) electrons. The second kappa shape index (κ2) is 7.76. The van der Waals surface area contributed by atoms with Crippen LogP contribution in [0.4, 0.5) is 0 Å². The van der Waals surface area contributed by atoms with Crippen LogP contribution in [0.25, 0.3) is 0 Å². The average Bonchev–Trinajstić information content (AvgIpc) is 2.87. The number of ether oxygens (including phenoxy) is 1. The predicted octanol–water partition coefficient (Wildman–Crippen LogP) is 2.53. The fourth-order valence-corrected chi connectivity index (χ4v) is 2.55. The summed E-state index contributed by atoms with van der Waals surface area (Å²) in [5, 5.41) is 7.19. The first kappa shape index (κ1) is 17.0. The Morgan fingerprint density at radius 3 is 2.83 bits per heavy atom. The molecule has 0 unspecified atom stereocenters. The van der Waals surface area contributed by atoms with Gasteiger partial charge in [-0.1, -0.05) is 0 Å². The maximum Gasteiger partial charge on any atom is 0.259 e. The van der Waals surface area contributed by atoms with E-state index in [1.54, 1.807) is 30.3 Å². The van der Waals surface area contributed by atoms with Gasteiger partial charge in [0.25, 0.3) is 5.91 Å². The molecule has 23 heavy (non-hydrogen) atoms. The molecule has 2 heterocycles. The van der Waals surface area contributed by atoms with Crippen molar-refractivity contribution in [1.82, 2.24) is 20.1 Å². The van der Waals surface area contributed by atoms with Gasteiger partial charge >= 0.3 is 0 Å². The summed E-state index contributed by atoms with van der Waals surface area (Å²) in [6, 6.07) is 3.50. The van der Waals surface area contributed by atoms with Crippen LogP contribution in [-0.2, 0) is 6.42 Å². The number of amides is 1. The van der Waals surface area contributed by atoms with Crippen molar-refractivity contribution in [1.29, 1.82) is 0 Å². The topological polar surface area (TPSA) is 71.1 Å². The summed E-state index contributed by atoms with van der Waals surface area (Å²) in [6.45, 7) is 7.05. The number of pyridine rings is 1. The Kier molecular flexibility index (Phi) is 5.73. The molecule has 2 rings (SSSR count). The number of H-pyrrole nitrogens is 1. The molecule has 0 saturated heterocycles. The summed E-state index contributed by atoms with van der Waals surface area (Å²) < 4.78 is 5.43. The first-order valence-corrected chi connectivity index (χ1v) is 7.88. The van der Waals surface area contributed by atoms with Gasteiger partial charge in [0, 0.05) is 25.5 Å². The average molecular weight is 316 g/mol. The number of aromatic nitrogens is 3. The molecule has 124 valence electrons. The Labute approximate surface area is 136 Å². The monoisotopic (exact) mass is 316 g/mol. The van der Waals surface area contributed by atoms with Gasteiger partial charge in [0.05, 0.1) is 12.3 Å². The molecule has 0 fully saturated rings. The van der Waals surface area contributed by atoms with E-state index in [4.69, 9.17) is 4.74 Å². The largest absolute Gasteiger partial charge is 0.477 e. The van der Waals surface area contributed by atoms with Gasteiger partial charge in [-0.15, -0.1) is 0 Å². The quantitative estimate of drug-likeness (QED) is 0.852. The molecule has 0 aliphatic rings. The van der Waals surface area contributed by atoms with Crippen LogP contribution < -0.4 is 4.74 Å². The van der Waals surface area contributed by atoms with Crippen LogP contribution in [-0.4, -0.2) is 46.2 Å². The Hall–Kier alpha value is -2.37. The minimum atomic E-state index is -0.0674. The smallest absolute Gasteiger partial charge is 0.259 e. The van der Waals surface area contributed by atoms with Crippen molar-refractivity contribution >= 4 is 5.91 Å². The number of nitrogens with one attached hydrogen (secondary N) is 1. The van der Waals surface area contributed by atoms with Gasteiger partial charge in [0.1, 0.15) is 5.56 Å². The summed E-state index contributed by atoms with van der Waals surface area (Å²) in [7, 11) is 1.81. The number of carbonyl (C=O) groups excluding carboxylic acids is 1. The highest BCUT2D eigenvalue weighted by atomic mass is 16.5. The lowest BCUT2D eigenvalue weighted by atomic mass is 10.1. The molecule has 6 heteroatoms. The first-order chi connectivity index (χ1) is 11.0. The third-order valence-corrected chi connectivity index (χ3v) is 3.83. The zero-order chi connectivity index (χ0) is 16.8. The molecule has 0 spiro atoms. The molecule has 1 amide bonds. The van der Waals surface area contributed by atoms with Crippen molar-refractivity contribution in [3.05, 3.63) is 40.8 Å². The van der Waals surface area contributed by atoms with Crippen LogP contribution >= 0.6 is 0 Å². The SMILES string of the molecule is CCOc1ncccc1C(=O)N(C)CCCc1c(C)n[nH]c1C. The van der Waals surface area contributed by atoms with Crippen LogP contribution in [0.2, 0.25) is 0 Å². The number of aromatic amines is 1. The zero-order valence-corrected chi connectivity index (χ0v) is 14.2. The van der Waals surface area contributed by atoms with Crippen molar-refractivity contribution in [2.45, 2.75) is 33.6 Å². The molecular weight excluding hydrogens is 292 g/mol. The van der Waals surface area contributed by atoms with Crippen LogP contribution in [0.3, 0.4) is 0 Å². The number of nitrogens with zero attached hydrogens (tertiary/aromatic N) is 3. The predicted molar refractivity (Wildman–Crippen MR) is 88.7 cm³/mol. The molecule has 2 aromatic heterocycles. The summed E-state index contributed by atoms with van der Waals surface area (Å²) >= 11 is 0. The standard InChI is InChI=1S/C17H24N4O2/c1-5-23-16-15(8-6-10-18-16)17(22)21(4)11-7-9-14-12(2)19-20-13(14)3/h6,8,10H,5,7,9,11H2,1-4H3,(H,19,20). The van der Waals surface area contributed by atoms with E-state index in [2.05, 4.69) is 15.2 Å². The van der Waals surface area contributed by atoms with Crippen molar-refractivity contribution in [2.75, 3.05) is 20.2 Å². The minimum absolute atomic E-state index is 0.0674. The normalized spacial score (nSPS) is 10.6. The lowest BCUT2D eigenvalue weighted by molar-refractivity contribution is 0.0788. The van der Waals surface area contributed by atoms with Crippen molar-refractivity contribution in [3.63, 3.8) is 0 Å². The van der Waals surface area contributed by atoms with Crippen molar-refractivity contribution in [2.24, 2.45) is 0 Å². The number of aryl methyl sites for hydroxylation is 2. The molecule has 0 atom stereocenters. The Morgan fingerprint density at radius 2 is 2.17 bits per heavy atom. The summed E-state index contributed by atoms with van der Waals surface area (Å²) in [5.41, 5.74) is 3.87. The summed E-state index contributed by atoms with van der Waals surface area (Å²) in [6.07, 6.45) is 3.41. The maximum absolute atomic E-state index is 12.6. The molecular formula is C17H24N4O2. The first-order valence-electron chi connectivity index (χ1n) is 7.88. The van der Waals surface area contributed by atoms with Crippen LogP contribution in [0, 0.1) is 13.8 Å². The Morgan fingerprint density at radius 1 is 1.39 bits per heavy atom. The number of carbonyl (C=O) groups is 1. The molecule has 0 saturated carbocycles. The number of rotatable bonds is 7. The molecule has 0 aromatic carbocycles. The van der Waals surface area contributed by atoms with Crippen LogP contribution in [0.1, 0.15) is 40.7 Å². The molecule has 0 aliphatic heterocycles. The minimum Gasteiger partial charge on any atom is -0.477 e. The third kappa shape index (κ3) is 4.09. The molecule has 2 aromatic rings. The third-order valence-electron chi connectivity index (χ3n) is 3.83. The van der Waals surface area contributed by atoms with E-state index in [0.717, 1.165) is 24.2 Å². The lowest BCUT2D eigenvalue weighted by Crippen LogP contribution is -2.28. The zero-order valence-electron chi connectivity index (χ0n) is 14.2. The van der Waals surface area contributed by atoms with E-state index >= 15 is 0 Å². The van der Waals surface area contributed by atoms with E-state index in [1.165, 1.54) is 5.56 Å². The Balaban J connectivity index is 1.95. The fourth-order valence-electron chi connectivity index (χ4n) is 2.55. The van der Waals surface area contributed by atoms with Gasteiger partial charge in [-0.2, -0.15) is 5.10 Å². The van der Waals surface area contributed by atoms with E-state index < -0.39 is 0 Å². The van der Waals surface area contributed by atoms with Gasteiger partial charge in [0.15, 0.2) is 0 Å². The van der Waals surface area contributed by atoms with Gasteiger partial charge in [-0.3, -0.25) is 9.89 Å². The second-order valence-electron chi connectivity index (χ2n) is 5.53. The molecule has 1 N–H and O–H groups in total. The second-order valence-corrected chi connectivity index (χ2v) is 5.53. The lowest BCUT2D eigenvalue weighted by Gasteiger charge is -2.18. The summed E-state index contributed by atoms with van der Waals surface area (Å²) in [5.74, 6) is 0.329. The van der Waals surface area contributed by atoms with Gasteiger partial charge in [-0.05, 0) is 51.3 Å². The van der Waals surface area contributed by atoms with Crippen molar-refractivity contribution < 1.29 is 9.53 Å². The van der Waals surface area contributed by atoms with Gasteiger partial charge in [0.2, 0.25) is 5.88 Å². The fraction of sp³-hybridized carbons (Fsp3) is 0.471. The number of hydrogen-bond acceptors (Lipinski definition) is 4.